The molecule has 0 aliphatic rings. The Balaban J connectivity index is 2.27. The van der Waals surface area contributed by atoms with Gasteiger partial charge in [0.2, 0.25) is 0 Å². The lowest BCUT2D eigenvalue weighted by molar-refractivity contribution is 0.0533. The van der Waals surface area contributed by atoms with Crippen LogP contribution in [0.4, 0.5) is 5.69 Å². The summed E-state index contributed by atoms with van der Waals surface area (Å²) in [6, 6.07) is 3.69. The first-order valence-corrected chi connectivity index (χ1v) is 8.97. The lowest BCUT2D eigenvalue weighted by atomic mass is 10.2. The molecule has 0 saturated heterocycles. The highest BCUT2D eigenvalue weighted by molar-refractivity contribution is 7.98. The fourth-order valence-electron chi connectivity index (χ4n) is 2.18. The summed E-state index contributed by atoms with van der Waals surface area (Å²) in [4.78, 5) is 22.0. The summed E-state index contributed by atoms with van der Waals surface area (Å²) in [5, 5.41) is 1.23. The number of carbonyl (C=O) groups is 1. The van der Waals surface area contributed by atoms with E-state index < -0.39 is 5.97 Å². The number of nitrogens with two attached hydrogens (primary N) is 1. The highest BCUT2D eigenvalue weighted by Gasteiger charge is 2.23. The number of aromatic nitrogens is 2. The van der Waals surface area contributed by atoms with Crippen molar-refractivity contribution in [1.82, 2.24) is 9.97 Å². The number of esters is 1. The van der Waals surface area contributed by atoms with Gasteiger partial charge in [0.25, 0.3) is 0 Å². The third kappa shape index (κ3) is 2.79. The molecule has 3 rings (SSSR count). The predicted molar refractivity (Wildman–Crippen MR) is 92.0 cm³/mol. The Hall–Kier alpha value is -2.06. The second-order valence-corrected chi connectivity index (χ2v) is 6.49. The van der Waals surface area contributed by atoms with Crippen LogP contribution in [-0.2, 0) is 4.74 Å². The second kappa shape index (κ2) is 6.21. The van der Waals surface area contributed by atoms with Crippen molar-refractivity contribution in [1.29, 1.82) is 0 Å². The molecule has 0 aromatic carbocycles. The third-order valence-corrected chi connectivity index (χ3v) is 4.81. The number of nitrogen functional groups attached to an aromatic ring is 1. The molecule has 0 unspecified atom stereocenters. The molecule has 2 N–H and O–H groups in total. The Morgan fingerprint density at radius 1 is 1.43 bits per heavy atom. The largest absolute Gasteiger partial charge is 0.462 e. The van der Waals surface area contributed by atoms with E-state index in [1.54, 1.807) is 6.92 Å². The molecule has 3 aromatic heterocycles. The Kier molecular flexibility index (Phi) is 4.27. The van der Waals surface area contributed by atoms with E-state index >= 15 is 0 Å². The van der Waals surface area contributed by atoms with Crippen LogP contribution in [0.1, 0.15) is 22.4 Å². The van der Waals surface area contributed by atoms with Gasteiger partial charge < -0.3 is 14.9 Å². The SMILES string of the molecule is CCOC(=O)c1sc2nc(SC)nc(-c3ccc(C)o3)c2c1N. The first-order valence-electron chi connectivity index (χ1n) is 6.93. The summed E-state index contributed by atoms with van der Waals surface area (Å²) in [6.07, 6.45) is 1.89. The van der Waals surface area contributed by atoms with Gasteiger partial charge in [-0.15, -0.1) is 11.3 Å². The van der Waals surface area contributed by atoms with Crippen molar-refractivity contribution in [2.45, 2.75) is 19.0 Å². The van der Waals surface area contributed by atoms with Crippen molar-refractivity contribution in [3.05, 3.63) is 22.8 Å². The van der Waals surface area contributed by atoms with Gasteiger partial charge in [-0.05, 0) is 32.2 Å². The van der Waals surface area contributed by atoms with Gasteiger partial charge in [-0.2, -0.15) is 0 Å². The van der Waals surface area contributed by atoms with Crippen molar-refractivity contribution in [2.75, 3.05) is 18.6 Å². The van der Waals surface area contributed by atoms with Crippen LogP contribution < -0.4 is 5.73 Å². The first-order chi connectivity index (χ1) is 11.0. The van der Waals surface area contributed by atoms with E-state index in [9.17, 15) is 4.79 Å². The fraction of sp³-hybridized carbons (Fsp3) is 0.267. The lowest BCUT2D eigenvalue weighted by Gasteiger charge is -2.03. The van der Waals surface area contributed by atoms with E-state index in [4.69, 9.17) is 14.9 Å². The maximum absolute atomic E-state index is 12.1. The minimum atomic E-state index is -0.444. The Labute approximate surface area is 141 Å². The van der Waals surface area contributed by atoms with Gasteiger partial charge in [-0.1, -0.05) is 11.8 Å². The van der Waals surface area contributed by atoms with Gasteiger partial charge in [0.05, 0.1) is 17.7 Å². The molecule has 3 aromatic rings. The number of ether oxygens (including phenoxy) is 1. The summed E-state index contributed by atoms with van der Waals surface area (Å²) < 4.78 is 10.7. The standard InChI is InChI=1S/C15H15N3O3S2/c1-4-20-14(19)12-10(16)9-11(8-6-5-7(2)21-8)17-15(22-3)18-13(9)23-12/h5-6H,4,16H2,1-3H3. The molecule has 0 saturated carbocycles. The van der Waals surface area contributed by atoms with Crippen LogP contribution in [0.25, 0.3) is 21.7 Å². The molecule has 3 heterocycles. The zero-order valence-corrected chi connectivity index (χ0v) is 14.5. The van der Waals surface area contributed by atoms with E-state index in [0.717, 1.165) is 5.76 Å². The first kappa shape index (κ1) is 15.8. The summed E-state index contributed by atoms with van der Waals surface area (Å²) in [5.41, 5.74) is 7.12. The van der Waals surface area contributed by atoms with E-state index in [1.165, 1.54) is 23.1 Å². The summed E-state index contributed by atoms with van der Waals surface area (Å²) in [7, 11) is 0. The fourth-order valence-corrected chi connectivity index (χ4v) is 3.59. The zero-order chi connectivity index (χ0) is 16.6. The zero-order valence-electron chi connectivity index (χ0n) is 12.9. The number of aryl methyl sites for hydroxylation is 1. The predicted octanol–water partition coefficient (Wildman–Crippen LogP) is 3.74. The van der Waals surface area contributed by atoms with Crippen molar-refractivity contribution in [2.24, 2.45) is 0 Å². The monoisotopic (exact) mass is 349 g/mol. The number of anilines is 1. The van der Waals surface area contributed by atoms with Crippen LogP contribution in [0, 0.1) is 6.92 Å². The topological polar surface area (TPSA) is 91.2 Å². The molecule has 0 radical (unpaired) electrons. The molecular formula is C15H15N3O3S2. The average Bonchev–Trinajstić information content (AvgIpc) is 3.11. The number of hydrogen-bond acceptors (Lipinski definition) is 8. The molecule has 6 nitrogen and oxygen atoms in total. The molecule has 0 fully saturated rings. The highest BCUT2D eigenvalue weighted by Crippen LogP contribution is 2.39. The molecule has 120 valence electrons. The molecular weight excluding hydrogens is 334 g/mol. The average molecular weight is 349 g/mol. The second-order valence-electron chi connectivity index (χ2n) is 4.71. The number of fused-ring (bicyclic) bond motifs is 1. The normalized spacial score (nSPS) is 11.1. The Morgan fingerprint density at radius 2 is 2.22 bits per heavy atom. The van der Waals surface area contributed by atoms with E-state index in [-0.39, 0.29) is 0 Å². The van der Waals surface area contributed by atoms with Gasteiger partial charge in [0.15, 0.2) is 10.9 Å². The van der Waals surface area contributed by atoms with Gasteiger partial charge >= 0.3 is 5.97 Å². The number of rotatable bonds is 4. The number of hydrogen-bond donors (Lipinski definition) is 1. The van der Waals surface area contributed by atoms with E-state index in [0.29, 0.717) is 44.0 Å². The molecule has 8 heteroatoms. The molecule has 0 aliphatic carbocycles. The van der Waals surface area contributed by atoms with Crippen molar-refractivity contribution >= 4 is 45.0 Å². The number of furan rings is 1. The number of carbonyl (C=O) groups excluding carboxylic acids is 1. The van der Waals surface area contributed by atoms with Crippen LogP contribution in [0.15, 0.2) is 21.7 Å². The van der Waals surface area contributed by atoms with Crippen LogP contribution in [0.5, 0.6) is 0 Å². The molecule has 0 spiro atoms. The minimum absolute atomic E-state index is 0.290. The summed E-state index contributed by atoms with van der Waals surface area (Å²) in [6.45, 7) is 3.90. The van der Waals surface area contributed by atoms with E-state index in [2.05, 4.69) is 9.97 Å². The minimum Gasteiger partial charge on any atom is -0.462 e. The maximum atomic E-state index is 12.1. The van der Waals surface area contributed by atoms with Gasteiger partial charge in [0, 0.05) is 0 Å². The molecule has 23 heavy (non-hydrogen) atoms. The Bertz CT molecular complexity index is 886. The lowest BCUT2D eigenvalue weighted by Crippen LogP contribution is -2.05. The highest BCUT2D eigenvalue weighted by atomic mass is 32.2. The van der Waals surface area contributed by atoms with Crippen molar-refractivity contribution in [3.63, 3.8) is 0 Å². The smallest absolute Gasteiger partial charge is 0.350 e. The Morgan fingerprint density at radius 3 is 2.83 bits per heavy atom. The molecule has 0 bridgehead atoms. The van der Waals surface area contributed by atoms with Crippen LogP contribution in [-0.4, -0.2) is 28.8 Å². The number of nitrogens with zero attached hydrogens (tertiary/aromatic N) is 2. The van der Waals surface area contributed by atoms with Gasteiger partial charge in [-0.3, -0.25) is 0 Å². The van der Waals surface area contributed by atoms with Gasteiger partial charge in [0.1, 0.15) is 21.2 Å². The van der Waals surface area contributed by atoms with Gasteiger partial charge in [-0.25, -0.2) is 14.8 Å². The number of thioether (sulfide) groups is 1. The van der Waals surface area contributed by atoms with Crippen LogP contribution >= 0.6 is 23.1 Å². The maximum Gasteiger partial charge on any atom is 0.350 e. The van der Waals surface area contributed by atoms with Crippen molar-refractivity contribution in [3.8, 4) is 11.5 Å². The molecule has 0 amide bonds. The van der Waals surface area contributed by atoms with E-state index in [1.807, 2.05) is 25.3 Å². The molecule has 0 aliphatic heterocycles. The number of thiophene rings is 1. The quantitative estimate of drug-likeness (QED) is 0.436. The summed E-state index contributed by atoms with van der Waals surface area (Å²) in [5.74, 6) is 0.933. The third-order valence-electron chi connectivity index (χ3n) is 3.19. The summed E-state index contributed by atoms with van der Waals surface area (Å²) >= 11 is 2.63. The van der Waals surface area contributed by atoms with Crippen LogP contribution in [0.3, 0.4) is 0 Å². The van der Waals surface area contributed by atoms with Crippen molar-refractivity contribution < 1.29 is 13.9 Å². The molecule has 0 atom stereocenters. The van der Waals surface area contributed by atoms with Crippen LogP contribution in [0.2, 0.25) is 0 Å².